The van der Waals surface area contributed by atoms with Crippen molar-refractivity contribution < 1.29 is 9.47 Å². The lowest BCUT2D eigenvalue weighted by molar-refractivity contribution is -0.177. The molecule has 1 saturated heterocycles. The molecule has 0 bridgehead atoms. The van der Waals surface area contributed by atoms with Crippen molar-refractivity contribution in [3.05, 3.63) is 71.8 Å². The summed E-state index contributed by atoms with van der Waals surface area (Å²) in [5.41, 5.74) is 3.21. The summed E-state index contributed by atoms with van der Waals surface area (Å²) in [5, 5.41) is 0. The minimum Gasteiger partial charge on any atom is -0.373 e. The summed E-state index contributed by atoms with van der Waals surface area (Å²) in [6.07, 6.45) is 9.05. The van der Waals surface area contributed by atoms with Crippen molar-refractivity contribution in [2.75, 3.05) is 13.2 Å². The van der Waals surface area contributed by atoms with Crippen LogP contribution < -0.4 is 0 Å². The minimum absolute atomic E-state index is 0.187. The van der Waals surface area contributed by atoms with Gasteiger partial charge in [-0.15, -0.1) is 0 Å². The fourth-order valence-corrected chi connectivity index (χ4v) is 5.29. The van der Waals surface area contributed by atoms with Gasteiger partial charge in [0.05, 0.1) is 25.4 Å². The maximum atomic E-state index is 6.47. The van der Waals surface area contributed by atoms with Gasteiger partial charge in [-0.25, -0.2) is 0 Å². The SMILES string of the molecule is CCCC(C1COC(Cc2ccccc2)CO1)C1(Cc2ccccc2)CCC1. The Labute approximate surface area is 170 Å². The smallest absolute Gasteiger partial charge is 0.0850 e. The Kier molecular flexibility index (Phi) is 6.49. The summed E-state index contributed by atoms with van der Waals surface area (Å²) in [7, 11) is 0. The molecule has 3 unspecified atom stereocenters. The van der Waals surface area contributed by atoms with Gasteiger partial charge >= 0.3 is 0 Å². The predicted molar refractivity (Wildman–Crippen MR) is 114 cm³/mol. The van der Waals surface area contributed by atoms with Crippen LogP contribution in [0.25, 0.3) is 0 Å². The number of ether oxygens (including phenoxy) is 2. The van der Waals surface area contributed by atoms with Crippen LogP contribution in [0.3, 0.4) is 0 Å². The molecule has 2 heteroatoms. The lowest BCUT2D eigenvalue weighted by Crippen LogP contribution is -2.50. The summed E-state index contributed by atoms with van der Waals surface area (Å²) < 4.78 is 12.8. The van der Waals surface area contributed by atoms with Gasteiger partial charge in [0.15, 0.2) is 0 Å². The Balaban J connectivity index is 1.40. The van der Waals surface area contributed by atoms with E-state index in [0.29, 0.717) is 11.3 Å². The van der Waals surface area contributed by atoms with Crippen LogP contribution in [0.2, 0.25) is 0 Å². The fraction of sp³-hybridized carbons (Fsp3) is 0.538. The van der Waals surface area contributed by atoms with Crippen LogP contribution in [0, 0.1) is 11.3 Å². The highest BCUT2D eigenvalue weighted by Gasteiger charge is 2.47. The van der Waals surface area contributed by atoms with Crippen LogP contribution in [0.4, 0.5) is 0 Å². The summed E-state index contributed by atoms with van der Waals surface area (Å²) >= 11 is 0. The molecule has 3 atom stereocenters. The second-order valence-corrected chi connectivity index (χ2v) is 8.79. The molecule has 0 N–H and O–H groups in total. The number of rotatable bonds is 8. The Hall–Kier alpha value is -1.64. The van der Waals surface area contributed by atoms with Crippen LogP contribution in [0.15, 0.2) is 60.7 Å². The van der Waals surface area contributed by atoms with E-state index < -0.39 is 0 Å². The van der Waals surface area contributed by atoms with Gasteiger partial charge in [-0.1, -0.05) is 80.4 Å². The predicted octanol–water partition coefficient (Wildman–Crippen LogP) is 5.84. The van der Waals surface area contributed by atoms with E-state index in [1.165, 1.54) is 49.7 Å². The second-order valence-electron chi connectivity index (χ2n) is 8.79. The molecule has 1 aliphatic heterocycles. The van der Waals surface area contributed by atoms with Gasteiger partial charge in [-0.3, -0.25) is 0 Å². The van der Waals surface area contributed by atoms with Crippen molar-refractivity contribution in [2.24, 2.45) is 11.3 Å². The van der Waals surface area contributed by atoms with Crippen LogP contribution in [0.5, 0.6) is 0 Å². The molecule has 2 aliphatic rings. The molecule has 0 aromatic heterocycles. The van der Waals surface area contributed by atoms with Gasteiger partial charge in [-0.2, -0.15) is 0 Å². The molecule has 28 heavy (non-hydrogen) atoms. The molecule has 0 radical (unpaired) electrons. The molecule has 0 spiro atoms. The quantitative estimate of drug-likeness (QED) is 0.574. The fourth-order valence-electron chi connectivity index (χ4n) is 5.29. The van der Waals surface area contributed by atoms with E-state index in [4.69, 9.17) is 9.47 Å². The van der Waals surface area contributed by atoms with E-state index in [2.05, 4.69) is 67.6 Å². The Morgan fingerprint density at radius 1 is 0.893 bits per heavy atom. The van der Waals surface area contributed by atoms with Gasteiger partial charge in [0, 0.05) is 6.42 Å². The van der Waals surface area contributed by atoms with E-state index in [1.807, 2.05) is 0 Å². The molecule has 1 aliphatic carbocycles. The maximum Gasteiger partial charge on any atom is 0.0850 e. The second kappa shape index (κ2) is 9.24. The zero-order valence-corrected chi connectivity index (χ0v) is 17.2. The standard InChI is InChI=1S/C26H34O2/c1-2-10-24(26(15-9-16-26)18-22-13-7-4-8-14-22)25-20-27-23(19-28-25)17-21-11-5-3-6-12-21/h3-8,11-14,23-25H,2,9-10,15-20H2,1H3. The van der Waals surface area contributed by atoms with Crippen molar-refractivity contribution in [1.29, 1.82) is 0 Å². The van der Waals surface area contributed by atoms with E-state index in [-0.39, 0.29) is 12.2 Å². The van der Waals surface area contributed by atoms with Crippen molar-refractivity contribution in [3.8, 4) is 0 Å². The summed E-state index contributed by atoms with van der Waals surface area (Å²) in [5.74, 6) is 0.601. The highest BCUT2D eigenvalue weighted by molar-refractivity contribution is 5.19. The maximum absolute atomic E-state index is 6.47. The van der Waals surface area contributed by atoms with Gasteiger partial charge in [0.1, 0.15) is 0 Å². The van der Waals surface area contributed by atoms with E-state index in [9.17, 15) is 0 Å². The van der Waals surface area contributed by atoms with Crippen molar-refractivity contribution >= 4 is 0 Å². The average molecular weight is 379 g/mol. The lowest BCUT2D eigenvalue weighted by Gasteiger charge is -2.52. The highest BCUT2D eigenvalue weighted by Crippen LogP contribution is 2.53. The Bertz CT molecular complexity index is 700. The van der Waals surface area contributed by atoms with E-state index >= 15 is 0 Å². The van der Waals surface area contributed by atoms with Gasteiger partial charge < -0.3 is 9.47 Å². The molecule has 1 saturated carbocycles. The topological polar surface area (TPSA) is 18.5 Å². The van der Waals surface area contributed by atoms with Crippen LogP contribution in [0.1, 0.15) is 50.2 Å². The molecule has 2 nitrogen and oxygen atoms in total. The summed E-state index contributed by atoms with van der Waals surface area (Å²) in [4.78, 5) is 0. The van der Waals surface area contributed by atoms with Crippen molar-refractivity contribution in [2.45, 2.75) is 64.1 Å². The molecule has 2 aromatic rings. The van der Waals surface area contributed by atoms with E-state index in [1.54, 1.807) is 0 Å². The zero-order valence-electron chi connectivity index (χ0n) is 17.2. The molecule has 2 aromatic carbocycles. The Morgan fingerprint density at radius 3 is 2.11 bits per heavy atom. The number of hydrogen-bond acceptors (Lipinski definition) is 2. The van der Waals surface area contributed by atoms with E-state index in [0.717, 1.165) is 19.6 Å². The first kappa shape index (κ1) is 19.7. The zero-order chi connectivity index (χ0) is 19.2. The first-order valence-electron chi connectivity index (χ1n) is 11.1. The molecule has 0 amide bonds. The van der Waals surface area contributed by atoms with Crippen LogP contribution >= 0.6 is 0 Å². The molecular formula is C26H34O2. The van der Waals surface area contributed by atoms with Crippen molar-refractivity contribution in [3.63, 3.8) is 0 Å². The van der Waals surface area contributed by atoms with Crippen LogP contribution in [-0.4, -0.2) is 25.4 Å². The summed E-state index contributed by atoms with van der Waals surface area (Å²) in [6, 6.07) is 21.7. The minimum atomic E-state index is 0.187. The van der Waals surface area contributed by atoms with Gasteiger partial charge in [0.25, 0.3) is 0 Å². The molecule has 2 fully saturated rings. The third-order valence-electron chi connectivity index (χ3n) is 6.88. The highest BCUT2D eigenvalue weighted by atomic mass is 16.6. The van der Waals surface area contributed by atoms with Crippen LogP contribution in [-0.2, 0) is 22.3 Å². The van der Waals surface area contributed by atoms with Gasteiger partial charge in [-0.05, 0) is 48.1 Å². The molecule has 1 heterocycles. The molecule has 150 valence electrons. The van der Waals surface area contributed by atoms with Crippen molar-refractivity contribution in [1.82, 2.24) is 0 Å². The lowest BCUT2D eigenvalue weighted by atomic mass is 9.56. The average Bonchev–Trinajstić information content (AvgIpc) is 2.72. The third-order valence-corrected chi connectivity index (χ3v) is 6.88. The normalized spacial score (nSPS) is 25.0. The van der Waals surface area contributed by atoms with Gasteiger partial charge in [0.2, 0.25) is 0 Å². The molecular weight excluding hydrogens is 344 g/mol. The Morgan fingerprint density at radius 2 is 1.57 bits per heavy atom. The summed E-state index contributed by atoms with van der Waals surface area (Å²) in [6.45, 7) is 3.78. The number of benzene rings is 2. The molecule has 4 rings (SSSR count). The largest absolute Gasteiger partial charge is 0.373 e. The first-order valence-corrected chi connectivity index (χ1v) is 11.1. The first-order chi connectivity index (χ1) is 13.8. The third kappa shape index (κ3) is 4.50. The number of hydrogen-bond donors (Lipinski definition) is 0. The monoisotopic (exact) mass is 378 g/mol.